The van der Waals surface area contributed by atoms with E-state index >= 15 is 0 Å². The number of benzene rings is 1. The second-order valence-electron chi connectivity index (χ2n) is 5.03. The van der Waals surface area contributed by atoms with Crippen molar-refractivity contribution in [2.45, 2.75) is 26.4 Å². The van der Waals surface area contributed by atoms with Crippen LogP contribution >= 0.6 is 0 Å². The third-order valence-corrected chi connectivity index (χ3v) is 2.93. The van der Waals surface area contributed by atoms with Gasteiger partial charge in [0.25, 0.3) is 5.91 Å². The molecule has 0 atom stereocenters. The smallest absolute Gasteiger partial charge is 0.255 e. The Kier molecular flexibility index (Phi) is 4.92. The van der Waals surface area contributed by atoms with Crippen LogP contribution in [0.4, 0.5) is 0 Å². The van der Waals surface area contributed by atoms with Crippen molar-refractivity contribution in [1.29, 1.82) is 0 Å². The Bertz CT molecular complexity index is 607. The number of rotatable bonds is 6. The van der Waals surface area contributed by atoms with Gasteiger partial charge in [0.15, 0.2) is 0 Å². The van der Waals surface area contributed by atoms with Crippen molar-refractivity contribution < 1.29 is 9.53 Å². The second kappa shape index (κ2) is 6.88. The standard InChI is InChI=1S/C15H20N4O2/c1-11(2)21-13-7-5-4-6-12(13)15(20)16-9-8-14-18-17-10-19(14)3/h4-7,10-11H,8-9H2,1-3H3,(H,16,20). The molecule has 0 radical (unpaired) electrons. The fraction of sp³-hybridized carbons (Fsp3) is 0.400. The van der Waals surface area contributed by atoms with E-state index in [1.54, 1.807) is 18.5 Å². The quantitative estimate of drug-likeness (QED) is 0.876. The average Bonchev–Trinajstić information content (AvgIpc) is 2.84. The van der Waals surface area contributed by atoms with Crippen LogP contribution in [0, 0.1) is 0 Å². The Labute approximate surface area is 124 Å². The van der Waals surface area contributed by atoms with Crippen LogP contribution in [0.2, 0.25) is 0 Å². The number of nitrogens with zero attached hydrogens (tertiary/aromatic N) is 3. The molecule has 0 spiro atoms. The van der Waals surface area contributed by atoms with E-state index in [1.807, 2.05) is 37.6 Å². The van der Waals surface area contributed by atoms with Gasteiger partial charge in [-0.3, -0.25) is 4.79 Å². The number of amides is 1. The van der Waals surface area contributed by atoms with Gasteiger partial charge in [0.05, 0.1) is 11.7 Å². The van der Waals surface area contributed by atoms with Crippen LogP contribution in [0.25, 0.3) is 0 Å². The van der Waals surface area contributed by atoms with Crippen molar-refractivity contribution >= 4 is 5.91 Å². The van der Waals surface area contributed by atoms with Crippen LogP contribution in [0.1, 0.15) is 30.0 Å². The molecule has 0 aliphatic carbocycles. The van der Waals surface area contributed by atoms with Crippen LogP contribution in [0.5, 0.6) is 5.75 Å². The molecule has 0 saturated heterocycles. The van der Waals surface area contributed by atoms with E-state index in [0.29, 0.717) is 24.3 Å². The van der Waals surface area contributed by atoms with Crippen molar-refractivity contribution in [1.82, 2.24) is 20.1 Å². The normalized spacial score (nSPS) is 10.7. The molecule has 1 amide bonds. The first-order chi connectivity index (χ1) is 10.1. The highest BCUT2D eigenvalue weighted by Crippen LogP contribution is 2.19. The molecule has 2 aromatic rings. The van der Waals surface area contributed by atoms with E-state index in [-0.39, 0.29) is 12.0 Å². The van der Waals surface area contributed by atoms with E-state index in [1.165, 1.54) is 0 Å². The summed E-state index contributed by atoms with van der Waals surface area (Å²) >= 11 is 0. The molecule has 0 fully saturated rings. The minimum Gasteiger partial charge on any atom is -0.490 e. The largest absolute Gasteiger partial charge is 0.490 e. The number of carbonyl (C=O) groups is 1. The summed E-state index contributed by atoms with van der Waals surface area (Å²) in [6.45, 7) is 4.37. The van der Waals surface area contributed by atoms with Gasteiger partial charge in [0, 0.05) is 20.0 Å². The molecular formula is C15H20N4O2. The first-order valence-corrected chi connectivity index (χ1v) is 6.94. The lowest BCUT2D eigenvalue weighted by Crippen LogP contribution is -2.27. The van der Waals surface area contributed by atoms with Crippen LogP contribution in [-0.4, -0.2) is 33.3 Å². The Morgan fingerprint density at radius 3 is 2.81 bits per heavy atom. The van der Waals surface area contributed by atoms with Crippen molar-refractivity contribution in [2.24, 2.45) is 7.05 Å². The van der Waals surface area contributed by atoms with E-state index in [9.17, 15) is 4.79 Å². The van der Waals surface area contributed by atoms with Crippen molar-refractivity contribution in [3.05, 3.63) is 42.0 Å². The fourth-order valence-electron chi connectivity index (χ4n) is 1.93. The fourth-order valence-corrected chi connectivity index (χ4v) is 1.93. The van der Waals surface area contributed by atoms with Gasteiger partial charge in [-0.25, -0.2) is 0 Å². The van der Waals surface area contributed by atoms with Crippen molar-refractivity contribution in [2.75, 3.05) is 6.54 Å². The molecule has 0 saturated carbocycles. The molecule has 6 heteroatoms. The summed E-state index contributed by atoms with van der Waals surface area (Å²) in [7, 11) is 1.88. The molecule has 1 heterocycles. The molecule has 0 aliphatic rings. The van der Waals surface area contributed by atoms with Gasteiger partial charge in [-0.1, -0.05) is 12.1 Å². The van der Waals surface area contributed by atoms with Gasteiger partial charge in [0.1, 0.15) is 17.9 Å². The number of hydrogen-bond donors (Lipinski definition) is 1. The SMILES string of the molecule is CC(C)Oc1ccccc1C(=O)NCCc1nncn1C. The summed E-state index contributed by atoms with van der Waals surface area (Å²) in [5.74, 6) is 1.29. The molecule has 1 aromatic heterocycles. The minimum absolute atomic E-state index is 0.0255. The third-order valence-electron chi connectivity index (χ3n) is 2.93. The number of carbonyl (C=O) groups excluding carboxylic acids is 1. The molecular weight excluding hydrogens is 268 g/mol. The number of nitrogens with one attached hydrogen (secondary N) is 1. The lowest BCUT2D eigenvalue weighted by molar-refractivity contribution is 0.0948. The van der Waals surface area contributed by atoms with Gasteiger partial charge in [0.2, 0.25) is 0 Å². The lowest BCUT2D eigenvalue weighted by Gasteiger charge is -2.13. The monoisotopic (exact) mass is 288 g/mol. The summed E-state index contributed by atoms with van der Waals surface area (Å²) in [6.07, 6.45) is 2.30. The highest BCUT2D eigenvalue weighted by Gasteiger charge is 2.12. The van der Waals surface area contributed by atoms with Crippen molar-refractivity contribution in [3.8, 4) is 5.75 Å². The van der Waals surface area contributed by atoms with E-state index in [4.69, 9.17) is 4.74 Å². The number of ether oxygens (including phenoxy) is 1. The maximum atomic E-state index is 12.2. The van der Waals surface area contributed by atoms with Crippen LogP contribution in [0.15, 0.2) is 30.6 Å². The summed E-state index contributed by atoms with van der Waals surface area (Å²) in [5, 5.41) is 10.7. The van der Waals surface area contributed by atoms with Gasteiger partial charge in [-0.05, 0) is 26.0 Å². The lowest BCUT2D eigenvalue weighted by atomic mass is 10.2. The molecule has 0 unspecified atom stereocenters. The zero-order valence-corrected chi connectivity index (χ0v) is 12.5. The Morgan fingerprint density at radius 2 is 2.14 bits per heavy atom. The highest BCUT2D eigenvalue weighted by atomic mass is 16.5. The number of aromatic nitrogens is 3. The summed E-state index contributed by atoms with van der Waals surface area (Å²) in [4.78, 5) is 12.2. The summed E-state index contributed by atoms with van der Waals surface area (Å²) < 4.78 is 7.49. The van der Waals surface area contributed by atoms with E-state index < -0.39 is 0 Å². The third kappa shape index (κ3) is 4.05. The predicted octanol–water partition coefficient (Wildman–Crippen LogP) is 1.57. The molecule has 1 N–H and O–H groups in total. The van der Waals surface area contributed by atoms with Gasteiger partial charge < -0.3 is 14.6 Å². The molecule has 0 aliphatic heterocycles. The molecule has 2 rings (SSSR count). The molecule has 6 nitrogen and oxygen atoms in total. The summed E-state index contributed by atoms with van der Waals surface area (Å²) in [5.41, 5.74) is 0.546. The number of hydrogen-bond acceptors (Lipinski definition) is 4. The second-order valence-corrected chi connectivity index (χ2v) is 5.03. The van der Waals surface area contributed by atoms with Crippen molar-refractivity contribution in [3.63, 3.8) is 0 Å². The maximum Gasteiger partial charge on any atom is 0.255 e. The predicted molar refractivity (Wildman–Crippen MR) is 79.2 cm³/mol. The molecule has 21 heavy (non-hydrogen) atoms. The molecule has 112 valence electrons. The highest BCUT2D eigenvalue weighted by molar-refractivity contribution is 5.96. The topological polar surface area (TPSA) is 69.0 Å². The average molecular weight is 288 g/mol. The summed E-state index contributed by atoms with van der Waals surface area (Å²) in [6, 6.07) is 7.24. The maximum absolute atomic E-state index is 12.2. The zero-order valence-electron chi connectivity index (χ0n) is 12.5. The zero-order chi connectivity index (χ0) is 15.2. The van der Waals surface area contributed by atoms with Crippen LogP contribution in [0.3, 0.4) is 0 Å². The first kappa shape index (κ1) is 15.0. The minimum atomic E-state index is -0.145. The van der Waals surface area contributed by atoms with E-state index in [0.717, 1.165) is 5.82 Å². The van der Waals surface area contributed by atoms with Crippen LogP contribution < -0.4 is 10.1 Å². The Morgan fingerprint density at radius 1 is 1.38 bits per heavy atom. The van der Waals surface area contributed by atoms with Crippen LogP contribution in [-0.2, 0) is 13.5 Å². The molecule has 0 bridgehead atoms. The van der Waals surface area contributed by atoms with Gasteiger partial charge >= 0.3 is 0 Å². The van der Waals surface area contributed by atoms with Gasteiger partial charge in [-0.2, -0.15) is 0 Å². The van der Waals surface area contributed by atoms with Gasteiger partial charge in [-0.15, -0.1) is 10.2 Å². The Balaban J connectivity index is 1.96. The first-order valence-electron chi connectivity index (χ1n) is 6.94. The number of para-hydroxylation sites is 1. The Hall–Kier alpha value is -2.37. The van der Waals surface area contributed by atoms with E-state index in [2.05, 4.69) is 15.5 Å². The number of aryl methyl sites for hydroxylation is 1. The molecule has 1 aromatic carbocycles.